The average molecular weight is 257 g/mol. The third kappa shape index (κ3) is 2.18. The highest BCUT2D eigenvalue weighted by Crippen LogP contribution is 2.27. The van der Waals surface area contributed by atoms with Gasteiger partial charge in [0.05, 0.1) is 12.8 Å². The number of benzene rings is 1. The number of nitrogen functional groups attached to an aromatic ring is 1. The van der Waals surface area contributed by atoms with Crippen molar-refractivity contribution in [1.29, 1.82) is 0 Å². The number of nitrogens with two attached hydrogens (primary N) is 1. The van der Waals surface area contributed by atoms with Crippen molar-refractivity contribution in [3.8, 4) is 11.6 Å². The summed E-state index contributed by atoms with van der Waals surface area (Å²) in [5.41, 5.74) is 6.87. The van der Waals surface area contributed by atoms with Gasteiger partial charge in [-0.05, 0) is 17.7 Å². The summed E-state index contributed by atoms with van der Waals surface area (Å²) in [7, 11) is 0. The molecule has 7 nitrogen and oxygen atoms in total. The molecule has 4 N–H and O–H groups in total. The molecular weight excluding hydrogens is 246 g/mol. The Hall–Kier alpha value is -2.67. The molecule has 3 rings (SSSR count). The van der Waals surface area contributed by atoms with Crippen molar-refractivity contribution >= 4 is 17.0 Å². The van der Waals surface area contributed by atoms with Crippen LogP contribution in [0.4, 0.5) is 5.95 Å². The van der Waals surface area contributed by atoms with E-state index in [0.29, 0.717) is 22.7 Å². The van der Waals surface area contributed by atoms with Gasteiger partial charge in [0.1, 0.15) is 11.1 Å². The van der Waals surface area contributed by atoms with Crippen LogP contribution in [0.15, 0.2) is 30.5 Å². The molecule has 3 aromatic rings. The number of rotatable bonds is 3. The Balaban J connectivity index is 2.02. The van der Waals surface area contributed by atoms with Crippen LogP contribution in [-0.4, -0.2) is 25.3 Å². The number of H-pyrrole nitrogens is 1. The highest BCUT2D eigenvalue weighted by Gasteiger charge is 2.10. The molecule has 0 radical (unpaired) electrons. The molecule has 0 unspecified atom stereocenters. The molecule has 0 saturated carbocycles. The molecule has 19 heavy (non-hydrogen) atoms. The Labute approximate surface area is 108 Å². The first-order valence-corrected chi connectivity index (χ1v) is 5.60. The van der Waals surface area contributed by atoms with Gasteiger partial charge in [0.15, 0.2) is 5.65 Å². The lowest BCUT2D eigenvalue weighted by molar-refractivity contribution is 0.281. The van der Waals surface area contributed by atoms with E-state index in [1.807, 2.05) is 0 Å². The Bertz CT molecular complexity index is 725. The maximum atomic E-state index is 9.09. The number of aromatic nitrogens is 4. The van der Waals surface area contributed by atoms with Crippen LogP contribution < -0.4 is 10.5 Å². The molecule has 0 aliphatic carbocycles. The van der Waals surface area contributed by atoms with Crippen LogP contribution in [0.25, 0.3) is 11.0 Å². The molecule has 0 bridgehead atoms. The average Bonchev–Trinajstić information content (AvgIpc) is 2.87. The number of fused-ring (bicyclic) bond motifs is 1. The minimum atomic E-state index is -0.0514. The summed E-state index contributed by atoms with van der Waals surface area (Å²) in [6.07, 6.45) is 1.57. The first-order chi connectivity index (χ1) is 9.26. The summed E-state index contributed by atoms with van der Waals surface area (Å²) >= 11 is 0. The molecule has 0 aliphatic rings. The standard InChI is InChI=1S/C12H11N5O2/c13-12-15-10-9(5-14-17-10)11(16-12)19-8-3-1-2-7(4-8)6-18/h1-5,18H,6H2,(H3,13,14,15,16,17). The summed E-state index contributed by atoms with van der Waals surface area (Å²) in [5.74, 6) is 0.989. The Morgan fingerprint density at radius 1 is 1.32 bits per heavy atom. The predicted molar refractivity (Wildman–Crippen MR) is 68.5 cm³/mol. The number of hydrogen-bond acceptors (Lipinski definition) is 6. The fourth-order valence-electron chi connectivity index (χ4n) is 1.72. The number of aromatic amines is 1. The van der Waals surface area contributed by atoms with Crippen LogP contribution in [-0.2, 0) is 6.61 Å². The number of aliphatic hydroxyl groups excluding tert-OH is 1. The van der Waals surface area contributed by atoms with Crippen LogP contribution in [0.3, 0.4) is 0 Å². The fourth-order valence-corrected chi connectivity index (χ4v) is 1.72. The van der Waals surface area contributed by atoms with Gasteiger partial charge in [-0.3, -0.25) is 5.10 Å². The topological polar surface area (TPSA) is 110 Å². The second-order valence-corrected chi connectivity index (χ2v) is 3.93. The Morgan fingerprint density at radius 2 is 2.21 bits per heavy atom. The molecule has 96 valence electrons. The summed E-state index contributed by atoms with van der Waals surface area (Å²) in [4.78, 5) is 8.05. The van der Waals surface area contributed by atoms with Crippen molar-refractivity contribution in [2.75, 3.05) is 5.73 Å². The number of hydrogen-bond donors (Lipinski definition) is 3. The van der Waals surface area contributed by atoms with Gasteiger partial charge in [-0.2, -0.15) is 15.1 Å². The fraction of sp³-hybridized carbons (Fsp3) is 0.0833. The van der Waals surface area contributed by atoms with Gasteiger partial charge >= 0.3 is 0 Å². The van der Waals surface area contributed by atoms with Crippen LogP contribution in [0.2, 0.25) is 0 Å². The summed E-state index contributed by atoms with van der Waals surface area (Å²) in [5, 5.41) is 16.3. The van der Waals surface area contributed by atoms with Crippen molar-refractivity contribution in [1.82, 2.24) is 20.2 Å². The predicted octanol–water partition coefficient (Wildman–Crippen LogP) is 1.22. The lowest BCUT2D eigenvalue weighted by atomic mass is 10.2. The molecule has 0 spiro atoms. The quantitative estimate of drug-likeness (QED) is 0.650. The smallest absolute Gasteiger partial charge is 0.235 e. The van der Waals surface area contributed by atoms with Gasteiger partial charge < -0.3 is 15.6 Å². The van der Waals surface area contributed by atoms with Crippen molar-refractivity contribution in [3.63, 3.8) is 0 Å². The van der Waals surface area contributed by atoms with E-state index < -0.39 is 0 Å². The Kier molecular flexibility index (Phi) is 2.73. The van der Waals surface area contributed by atoms with Gasteiger partial charge in [-0.25, -0.2) is 0 Å². The van der Waals surface area contributed by atoms with E-state index in [1.54, 1.807) is 30.5 Å². The zero-order chi connectivity index (χ0) is 13.2. The number of nitrogens with zero attached hydrogens (tertiary/aromatic N) is 3. The third-order valence-electron chi connectivity index (χ3n) is 2.59. The highest BCUT2D eigenvalue weighted by atomic mass is 16.5. The van der Waals surface area contributed by atoms with E-state index in [2.05, 4.69) is 20.2 Å². The van der Waals surface area contributed by atoms with Crippen molar-refractivity contribution in [3.05, 3.63) is 36.0 Å². The summed E-state index contributed by atoms with van der Waals surface area (Å²) in [6, 6.07) is 7.08. The molecule has 7 heteroatoms. The van der Waals surface area contributed by atoms with Gasteiger partial charge in [0.2, 0.25) is 11.8 Å². The molecule has 0 fully saturated rings. The summed E-state index contributed by atoms with van der Waals surface area (Å²) in [6.45, 7) is -0.0514. The van der Waals surface area contributed by atoms with Crippen molar-refractivity contribution < 1.29 is 9.84 Å². The molecule has 0 aliphatic heterocycles. The third-order valence-corrected chi connectivity index (χ3v) is 2.59. The molecule has 0 atom stereocenters. The van der Waals surface area contributed by atoms with Crippen LogP contribution in [0, 0.1) is 0 Å². The van der Waals surface area contributed by atoms with Gasteiger partial charge in [-0.15, -0.1) is 0 Å². The lowest BCUT2D eigenvalue weighted by Gasteiger charge is -2.07. The lowest BCUT2D eigenvalue weighted by Crippen LogP contribution is -1.98. The highest BCUT2D eigenvalue weighted by molar-refractivity contribution is 5.80. The summed E-state index contributed by atoms with van der Waals surface area (Å²) < 4.78 is 5.67. The Morgan fingerprint density at radius 3 is 3.05 bits per heavy atom. The first kappa shape index (κ1) is 11.4. The largest absolute Gasteiger partial charge is 0.438 e. The second kappa shape index (κ2) is 4.54. The molecule has 0 saturated heterocycles. The van der Waals surface area contributed by atoms with E-state index in [4.69, 9.17) is 15.6 Å². The van der Waals surface area contributed by atoms with E-state index >= 15 is 0 Å². The molecule has 2 aromatic heterocycles. The van der Waals surface area contributed by atoms with E-state index in [9.17, 15) is 0 Å². The van der Waals surface area contributed by atoms with E-state index in [-0.39, 0.29) is 12.6 Å². The van der Waals surface area contributed by atoms with E-state index in [1.165, 1.54) is 0 Å². The second-order valence-electron chi connectivity index (χ2n) is 3.93. The van der Waals surface area contributed by atoms with Gasteiger partial charge in [0, 0.05) is 0 Å². The minimum Gasteiger partial charge on any atom is -0.438 e. The number of aliphatic hydroxyl groups is 1. The van der Waals surface area contributed by atoms with Crippen LogP contribution in [0.1, 0.15) is 5.56 Å². The van der Waals surface area contributed by atoms with E-state index in [0.717, 1.165) is 5.56 Å². The van der Waals surface area contributed by atoms with Crippen LogP contribution >= 0.6 is 0 Å². The monoisotopic (exact) mass is 257 g/mol. The maximum absolute atomic E-state index is 9.09. The molecule has 1 aromatic carbocycles. The molecular formula is C12H11N5O2. The number of ether oxygens (including phenoxy) is 1. The normalized spacial score (nSPS) is 10.8. The minimum absolute atomic E-state index is 0.0514. The first-order valence-electron chi connectivity index (χ1n) is 5.60. The SMILES string of the molecule is Nc1nc(Oc2cccc(CO)c2)c2cn[nH]c2n1. The van der Waals surface area contributed by atoms with Crippen molar-refractivity contribution in [2.45, 2.75) is 6.61 Å². The van der Waals surface area contributed by atoms with Crippen LogP contribution in [0.5, 0.6) is 11.6 Å². The zero-order valence-electron chi connectivity index (χ0n) is 9.87. The molecule has 2 heterocycles. The van der Waals surface area contributed by atoms with Gasteiger partial charge in [0.25, 0.3) is 0 Å². The van der Waals surface area contributed by atoms with Gasteiger partial charge in [-0.1, -0.05) is 12.1 Å². The zero-order valence-corrected chi connectivity index (χ0v) is 9.87. The molecule has 0 amide bonds. The van der Waals surface area contributed by atoms with Crippen molar-refractivity contribution in [2.24, 2.45) is 0 Å². The number of nitrogens with one attached hydrogen (secondary N) is 1. The number of anilines is 1. The maximum Gasteiger partial charge on any atom is 0.235 e.